The highest BCUT2D eigenvalue weighted by Gasteiger charge is 2.20. The Balaban J connectivity index is 1.83. The van der Waals surface area contributed by atoms with Crippen LogP contribution in [0.15, 0.2) is 47.4 Å². The van der Waals surface area contributed by atoms with Crippen molar-refractivity contribution in [1.29, 1.82) is 0 Å². The molecule has 160 valence electrons. The van der Waals surface area contributed by atoms with Crippen molar-refractivity contribution in [2.24, 2.45) is 5.92 Å². The second-order valence-corrected chi connectivity index (χ2v) is 10.3. The monoisotopic (exact) mass is 465 g/mol. The zero-order chi connectivity index (χ0) is 22.1. The molecule has 30 heavy (non-hydrogen) atoms. The second-order valence-electron chi connectivity index (χ2n) is 7.80. The summed E-state index contributed by atoms with van der Waals surface area (Å²) in [6.45, 7) is 8.33. The molecule has 5 nitrogen and oxygen atoms in total. The van der Waals surface area contributed by atoms with Crippen molar-refractivity contribution in [1.82, 2.24) is 9.78 Å². The molecule has 0 saturated heterocycles. The molecule has 0 fully saturated rings. The third-order valence-corrected chi connectivity index (χ3v) is 6.92. The summed E-state index contributed by atoms with van der Waals surface area (Å²) in [5.41, 5.74) is 3.85. The first kappa shape index (κ1) is 22.7. The Morgan fingerprint density at radius 1 is 1.00 bits per heavy atom. The van der Waals surface area contributed by atoms with E-state index in [0.29, 0.717) is 33.9 Å². The van der Waals surface area contributed by atoms with Crippen LogP contribution < -0.4 is 4.72 Å². The van der Waals surface area contributed by atoms with Gasteiger partial charge in [0.2, 0.25) is 0 Å². The number of aryl methyl sites for hydroxylation is 1. The molecule has 0 aliphatic heterocycles. The molecular formula is C22H25Cl2N3O2S. The Morgan fingerprint density at radius 2 is 1.63 bits per heavy atom. The lowest BCUT2D eigenvalue weighted by atomic mass is 10.0. The minimum absolute atomic E-state index is 0.228. The zero-order valence-electron chi connectivity index (χ0n) is 17.4. The number of nitrogens with one attached hydrogen (secondary N) is 1. The van der Waals surface area contributed by atoms with Gasteiger partial charge in [0, 0.05) is 0 Å². The maximum absolute atomic E-state index is 12.9. The van der Waals surface area contributed by atoms with Crippen molar-refractivity contribution in [3.05, 3.63) is 75.0 Å². The van der Waals surface area contributed by atoms with Gasteiger partial charge in [-0.3, -0.25) is 9.40 Å². The SMILES string of the molecule is Cc1nn(Cc2ccc(Cl)c(Cl)c2)c(C)c1NS(=O)(=O)c1ccc(CC(C)C)cc1. The lowest BCUT2D eigenvalue weighted by molar-refractivity contribution is 0.601. The summed E-state index contributed by atoms with van der Waals surface area (Å²) in [5, 5.41) is 5.45. The van der Waals surface area contributed by atoms with Gasteiger partial charge in [-0.1, -0.05) is 55.2 Å². The smallest absolute Gasteiger partial charge is 0.262 e. The fourth-order valence-electron chi connectivity index (χ4n) is 3.28. The molecular weight excluding hydrogens is 441 g/mol. The van der Waals surface area contributed by atoms with Gasteiger partial charge in [0.1, 0.15) is 0 Å². The fraction of sp³-hybridized carbons (Fsp3) is 0.318. The van der Waals surface area contributed by atoms with Crippen LogP contribution in [0.3, 0.4) is 0 Å². The molecule has 3 rings (SSSR count). The van der Waals surface area contributed by atoms with Gasteiger partial charge < -0.3 is 0 Å². The van der Waals surface area contributed by atoms with Crippen molar-refractivity contribution in [3.8, 4) is 0 Å². The van der Waals surface area contributed by atoms with Gasteiger partial charge in [-0.15, -0.1) is 0 Å². The van der Waals surface area contributed by atoms with Crippen LogP contribution in [0.4, 0.5) is 5.69 Å². The van der Waals surface area contributed by atoms with Crippen molar-refractivity contribution in [3.63, 3.8) is 0 Å². The lowest BCUT2D eigenvalue weighted by Crippen LogP contribution is -2.14. The van der Waals surface area contributed by atoms with Crippen molar-refractivity contribution in [2.45, 2.75) is 45.6 Å². The average molecular weight is 466 g/mol. The fourth-order valence-corrected chi connectivity index (χ4v) is 4.78. The summed E-state index contributed by atoms with van der Waals surface area (Å²) in [5.74, 6) is 0.511. The van der Waals surface area contributed by atoms with E-state index in [1.807, 2.05) is 25.1 Å². The average Bonchev–Trinajstić information content (AvgIpc) is 2.92. The molecule has 2 aromatic carbocycles. The van der Waals surface area contributed by atoms with Crippen LogP contribution in [0.1, 0.15) is 36.4 Å². The van der Waals surface area contributed by atoms with Crippen LogP contribution in [0.5, 0.6) is 0 Å². The Kier molecular flexibility index (Phi) is 6.80. The number of nitrogens with zero attached hydrogens (tertiary/aromatic N) is 2. The van der Waals surface area contributed by atoms with Crippen molar-refractivity contribution >= 4 is 38.9 Å². The molecule has 0 amide bonds. The highest BCUT2D eigenvalue weighted by Crippen LogP contribution is 2.26. The number of sulfonamides is 1. The van der Waals surface area contributed by atoms with Gasteiger partial charge in [-0.2, -0.15) is 5.10 Å². The van der Waals surface area contributed by atoms with Crippen LogP contribution in [0.25, 0.3) is 0 Å². The topological polar surface area (TPSA) is 64.0 Å². The maximum Gasteiger partial charge on any atom is 0.262 e. The summed E-state index contributed by atoms with van der Waals surface area (Å²) >= 11 is 12.1. The first-order valence-electron chi connectivity index (χ1n) is 9.66. The van der Waals surface area contributed by atoms with E-state index in [9.17, 15) is 8.42 Å². The van der Waals surface area contributed by atoms with Gasteiger partial charge in [0.15, 0.2) is 0 Å². The van der Waals surface area contributed by atoms with Crippen LogP contribution in [0.2, 0.25) is 10.0 Å². The molecule has 0 aliphatic rings. The first-order chi connectivity index (χ1) is 14.1. The van der Waals surface area contributed by atoms with E-state index >= 15 is 0 Å². The minimum Gasteiger partial charge on any atom is -0.276 e. The Morgan fingerprint density at radius 3 is 2.23 bits per heavy atom. The third-order valence-electron chi connectivity index (χ3n) is 4.81. The predicted octanol–water partition coefficient (Wildman–Crippen LogP) is 5.85. The number of aromatic nitrogens is 2. The van der Waals surface area contributed by atoms with E-state index in [1.54, 1.807) is 35.9 Å². The number of halogens is 2. The van der Waals surface area contributed by atoms with Crippen LogP contribution in [0, 0.1) is 19.8 Å². The van der Waals surface area contributed by atoms with Gasteiger partial charge in [0.05, 0.1) is 38.6 Å². The summed E-state index contributed by atoms with van der Waals surface area (Å²) in [6.07, 6.45) is 0.910. The summed E-state index contributed by atoms with van der Waals surface area (Å²) in [4.78, 5) is 0.228. The van der Waals surface area contributed by atoms with E-state index < -0.39 is 10.0 Å². The molecule has 0 atom stereocenters. The van der Waals surface area contributed by atoms with Crippen LogP contribution in [-0.4, -0.2) is 18.2 Å². The second kappa shape index (κ2) is 9.00. The number of hydrogen-bond donors (Lipinski definition) is 1. The normalized spacial score (nSPS) is 11.8. The Bertz CT molecular complexity index is 1150. The van der Waals surface area contributed by atoms with Crippen molar-refractivity contribution < 1.29 is 8.42 Å². The highest BCUT2D eigenvalue weighted by atomic mass is 35.5. The summed E-state index contributed by atoms with van der Waals surface area (Å²) in [7, 11) is -3.72. The van der Waals surface area contributed by atoms with Gasteiger partial charge in [-0.25, -0.2) is 8.42 Å². The summed E-state index contributed by atoms with van der Waals surface area (Å²) < 4.78 is 30.3. The minimum atomic E-state index is -3.72. The number of hydrogen-bond acceptors (Lipinski definition) is 3. The number of rotatable bonds is 7. The zero-order valence-corrected chi connectivity index (χ0v) is 19.7. The van der Waals surface area contributed by atoms with E-state index in [4.69, 9.17) is 23.2 Å². The predicted molar refractivity (Wildman–Crippen MR) is 123 cm³/mol. The van der Waals surface area contributed by atoms with Gasteiger partial charge in [-0.05, 0) is 61.6 Å². The molecule has 3 aromatic rings. The highest BCUT2D eigenvalue weighted by molar-refractivity contribution is 7.92. The van der Waals surface area contributed by atoms with Crippen LogP contribution in [-0.2, 0) is 23.0 Å². The quantitative estimate of drug-likeness (QED) is 0.475. The Labute approximate surface area is 188 Å². The Hall–Kier alpha value is -2.02. The third kappa shape index (κ3) is 5.17. The molecule has 0 radical (unpaired) electrons. The van der Waals surface area contributed by atoms with E-state index in [2.05, 4.69) is 23.7 Å². The number of benzene rings is 2. The molecule has 8 heteroatoms. The molecule has 1 aromatic heterocycles. The van der Waals surface area contributed by atoms with Crippen LogP contribution >= 0.6 is 23.2 Å². The van der Waals surface area contributed by atoms with Gasteiger partial charge in [0.25, 0.3) is 10.0 Å². The van der Waals surface area contributed by atoms with Crippen molar-refractivity contribution in [2.75, 3.05) is 4.72 Å². The maximum atomic E-state index is 12.9. The molecule has 1 N–H and O–H groups in total. The van der Waals surface area contributed by atoms with E-state index in [1.165, 1.54) is 0 Å². The summed E-state index contributed by atoms with van der Waals surface area (Å²) in [6, 6.07) is 12.4. The first-order valence-corrected chi connectivity index (χ1v) is 11.9. The van der Waals surface area contributed by atoms with E-state index in [0.717, 1.165) is 23.2 Å². The standard InChI is InChI=1S/C22H25Cl2N3O2S/c1-14(2)11-17-5-8-19(9-6-17)30(28,29)26-22-15(3)25-27(16(22)4)13-18-7-10-20(23)21(24)12-18/h5-10,12,14,26H,11,13H2,1-4H3. The van der Waals surface area contributed by atoms with Gasteiger partial charge >= 0.3 is 0 Å². The molecule has 0 aliphatic carbocycles. The largest absolute Gasteiger partial charge is 0.276 e. The molecule has 0 unspecified atom stereocenters. The number of anilines is 1. The molecule has 0 bridgehead atoms. The lowest BCUT2D eigenvalue weighted by Gasteiger charge is -2.11. The molecule has 0 spiro atoms. The molecule has 0 saturated carbocycles. The molecule has 1 heterocycles. The van der Waals surface area contributed by atoms with E-state index in [-0.39, 0.29) is 4.90 Å².